The number of benzene rings is 1. The molecule has 1 unspecified atom stereocenters. The fourth-order valence-electron chi connectivity index (χ4n) is 1.62. The summed E-state index contributed by atoms with van der Waals surface area (Å²) in [6.07, 6.45) is 0. The highest BCUT2D eigenvalue weighted by Gasteiger charge is 2.08. The van der Waals surface area contributed by atoms with Crippen LogP contribution in [0.1, 0.15) is 17.3 Å². The van der Waals surface area contributed by atoms with E-state index in [2.05, 4.69) is 16.6 Å². The van der Waals surface area contributed by atoms with E-state index < -0.39 is 0 Å². The molecule has 0 spiro atoms. The summed E-state index contributed by atoms with van der Waals surface area (Å²) in [6.45, 7) is 3.68. The Morgan fingerprint density at radius 1 is 1.41 bits per heavy atom. The Labute approximate surface area is 102 Å². The van der Waals surface area contributed by atoms with Crippen LogP contribution in [0.2, 0.25) is 0 Å². The molecule has 0 aliphatic carbocycles. The van der Waals surface area contributed by atoms with Crippen molar-refractivity contribution in [2.45, 2.75) is 6.92 Å². The van der Waals surface area contributed by atoms with E-state index >= 15 is 0 Å². The number of rotatable bonds is 5. The normalized spacial score (nSPS) is 12.0. The Morgan fingerprint density at radius 2 is 2.00 bits per heavy atom. The lowest BCUT2D eigenvalue weighted by molar-refractivity contribution is 0.0601. The second kappa shape index (κ2) is 6.25. The second-order valence-electron chi connectivity index (χ2n) is 4.26. The summed E-state index contributed by atoms with van der Waals surface area (Å²) in [6, 6.07) is 7.36. The summed E-state index contributed by atoms with van der Waals surface area (Å²) in [7, 11) is 3.39. The number of esters is 1. The van der Waals surface area contributed by atoms with Crippen LogP contribution in [0.3, 0.4) is 0 Å². The molecule has 0 fully saturated rings. The third kappa shape index (κ3) is 3.75. The molecule has 0 heterocycles. The molecule has 0 saturated carbocycles. The summed E-state index contributed by atoms with van der Waals surface area (Å²) in [5.74, 6) is 0.134. The first-order valence-electron chi connectivity index (χ1n) is 5.68. The van der Waals surface area contributed by atoms with Crippen molar-refractivity contribution >= 4 is 11.7 Å². The highest BCUT2D eigenvalue weighted by atomic mass is 16.5. The first-order valence-corrected chi connectivity index (χ1v) is 5.68. The van der Waals surface area contributed by atoms with Gasteiger partial charge in [-0.1, -0.05) is 6.92 Å². The second-order valence-corrected chi connectivity index (χ2v) is 4.26. The zero-order chi connectivity index (χ0) is 12.8. The van der Waals surface area contributed by atoms with Crippen molar-refractivity contribution in [3.8, 4) is 0 Å². The van der Waals surface area contributed by atoms with Gasteiger partial charge in [-0.3, -0.25) is 0 Å². The van der Waals surface area contributed by atoms with Crippen LogP contribution in [0.5, 0.6) is 0 Å². The minimum absolute atomic E-state index is 0.311. The molecule has 0 bridgehead atoms. The molecule has 1 rings (SSSR count). The maximum Gasteiger partial charge on any atom is 0.337 e. The largest absolute Gasteiger partial charge is 0.465 e. The molecule has 1 aromatic rings. The third-order valence-corrected chi connectivity index (χ3v) is 2.72. The number of ether oxygens (including phenoxy) is 1. The zero-order valence-electron chi connectivity index (χ0n) is 10.6. The average molecular weight is 236 g/mol. The van der Waals surface area contributed by atoms with Gasteiger partial charge in [-0.2, -0.15) is 0 Å². The first-order chi connectivity index (χ1) is 8.08. The van der Waals surface area contributed by atoms with Gasteiger partial charge in [-0.15, -0.1) is 0 Å². The van der Waals surface area contributed by atoms with Crippen LogP contribution >= 0.6 is 0 Å². The van der Waals surface area contributed by atoms with Crippen LogP contribution in [0.4, 0.5) is 5.69 Å². The Hall–Kier alpha value is -1.55. The highest BCUT2D eigenvalue weighted by Crippen LogP contribution is 2.15. The van der Waals surface area contributed by atoms with E-state index in [1.807, 2.05) is 19.2 Å². The van der Waals surface area contributed by atoms with Crippen molar-refractivity contribution in [3.63, 3.8) is 0 Å². The van der Waals surface area contributed by atoms with Crippen LogP contribution in [0.25, 0.3) is 0 Å². The van der Waals surface area contributed by atoms with Crippen molar-refractivity contribution < 1.29 is 9.53 Å². The molecule has 0 aliphatic heterocycles. The Balaban J connectivity index is 2.70. The number of anilines is 1. The topological polar surface area (TPSA) is 55.6 Å². The summed E-state index contributed by atoms with van der Waals surface area (Å²) in [5, 5.41) is 0. The summed E-state index contributed by atoms with van der Waals surface area (Å²) >= 11 is 0. The number of methoxy groups -OCH3 is 1. The van der Waals surface area contributed by atoms with E-state index in [-0.39, 0.29) is 5.97 Å². The van der Waals surface area contributed by atoms with Crippen LogP contribution < -0.4 is 10.6 Å². The third-order valence-electron chi connectivity index (χ3n) is 2.72. The Bertz CT molecular complexity index is 362. The van der Waals surface area contributed by atoms with Crippen molar-refractivity contribution in [3.05, 3.63) is 29.8 Å². The van der Waals surface area contributed by atoms with Crippen molar-refractivity contribution in [1.29, 1.82) is 0 Å². The molecule has 0 radical (unpaired) electrons. The smallest absolute Gasteiger partial charge is 0.337 e. The molecule has 0 saturated heterocycles. The van der Waals surface area contributed by atoms with Gasteiger partial charge in [0.05, 0.1) is 12.7 Å². The van der Waals surface area contributed by atoms with Gasteiger partial charge in [0.2, 0.25) is 0 Å². The average Bonchev–Trinajstić information content (AvgIpc) is 2.37. The number of nitrogens with two attached hydrogens (primary N) is 1. The number of carbonyl (C=O) groups is 1. The number of hydrogen-bond donors (Lipinski definition) is 1. The van der Waals surface area contributed by atoms with Crippen molar-refractivity contribution in [1.82, 2.24) is 0 Å². The molecule has 17 heavy (non-hydrogen) atoms. The predicted octanol–water partition coefficient (Wildman–Crippen LogP) is 1.50. The lowest BCUT2D eigenvalue weighted by Crippen LogP contribution is -2.28. The maximum atomic E-state index is 11.3. The highest BCUT2D eigenvalue weighted by molar-refractivity contribution is 5.89. The van der Waals surface area contributed by atoms with E-state index in [1.54, 1.807) is 12.1 Å². The van der Waals surface area contributed by atoms with Crippen LogP contribution in [0, 0.1) is 5.92 Å². The predicted molar refractivity (Wildman–Crippen MR) is 69.3 cm³/mol. The van der Waals surface area contributed by atoms with E-state index in [9.17, 15) is 4.79 Å². The van der Waals surface area contributed by atoms with Crippen LogP contribution in [-0.2, 0) is 4.74 Å². The van der Waals surface area contributed by atoms with Crippen LogP contribution in [0.15, 0.2) is 24.3 Å². The standard InChI is InChI=1S/C13H20N2O2/c1-10(8-14)9-15(2)12-6-4-11(5-7-12)13(16)17-3/h4-7,10H,8-9,14H2,1-3H3. The molecule has 0 aromatic heterocycles. The lowest BCUT2D eigenvalue weighted by atomic mass is 10.1. The molecule has 1 atom stereocenters. The minimum atomic E-state index is -0.311. The van der Waals surface area contributed by atoms with Gasteiger partial charge in [0.25, 0.3) is 0 Å². The number of carbonyl (C=O) groups excluding carboxylic acids is 1. The lowest BCUT2D eigenvalue weighted by Gasteiger charge is -2.22. The molecule has 2 N–H and O–H groups in total. The Kier molecular flexibility index (Phi) is 4.97. The van der Waals surface area contributed by atoms with Gasteiger partial charge >= 0.3 is 5.97 Å². The summed E-state index contributed by atoms with van der Waals surface area (Å²) in [5.41, 5.74) is 7.23. The fourth-order valence-corrected chi connectivity index (χ4v) is 1.62. The molecular formula is C13H20N2O2. The first kappa shape index (κ1) is 13.5. The monoisotopic (exact) mass is 236 g/mol. The SMILES string of the molecule is COC(=O)c1ccc(N(C)CC(C)CN)cc1. The number of nitrogens with zero attached hydrogens (tertiary/aromatic N) is 1. The summed E-state index contributed by atoms with van der Waals surface area (Å²) in [4.78, 5) is 13.4. The minimum Gasteiger partial charge on any atom is -0.465 e. The van der Waals surface area contributed by atoms with Crippen molar-refractivity contribution in [2.24, 2.45) is 11.7 Å². The summed E-state index contributed by atoms with van der Waals surface area (Å²) < 4.78 is 4.65. The molecule has 1 aromatic carbocycles. The van der Waals surface area contributed by atoms with Gasteiger partial charge in [0, 0.05) is 19.3 Å². The maximum absolute atomic E-state index is 11.3. The molecule has 4 heteroatoms. The van der Waals surface area contributed by atoms with Gasteiger partial charge in [-0.25, -0.2) is 4.79 Å². The molecule has 0 amide bonds. The molecule has 94 valence electrons. The van der Waals surface area contributed by atoms with E-state index in [4.69, 9.17) is 5.73 Å². The quantitative estimate of drug-likeness (QED) is 0.787. The molecular weight excluding hydrogens is 216 g/mol. The van der Waals surface area contributed by atoms with Gasteiger partial charge < -0.3 is 15.4 Å². The molecule has 4 nitrogen and oxygen atoms in total. The van der Waals surface area contributed by atoms with Gasteiger partial charge in [0.1, 0.15) is 0 Å². The fraction of sp³-hybridized carbons (Fsp3) is 0.462. The van der Waals surface area contributed by atoms with Crippen molar-refractivity contribution in [2.75, 3.05) is 32.1 Å². The Morgan fingerprint density at radius 3 is 2.47 bits per heavy atom. The van der Waals surface area contributed by atoms with Gasteiger partial charge in [0.15, 0.2) is 0 Å². The number of hydrogen-bond acceptors (Lipinski definition) is 4. The molecule has 0 aliphatic rings. The van der Waals surface area contributed by atoms with Crippen LogP contribution in [-0.4, -0.2) is 33.2 Å². The zero-order valence-corrected chi connectivity index (χ0v) is 10.6. The van der Waals surface area contributed by atoms with E-state index in [1.165, 1.54) is 7.11 Å². The van der Waals surface area contributed by atoms with E-state index in [0.717, 1.165) is 12.2 Å². The van der Waals surface area contributed by atoms with E-state index in [0.29, 0.717) is 18.0 Å². The van der Waals surface area contributed by atoms with Gasteiger partial charge in [-0.05, 0) is 36.7 Å².